The fourth-order valence-electron chi connectivity index (χ4n) is 1.30. The highest BCUT2D eigenvalue weighted by Crippen LogP contribution is 2.06. The minimum atomic E-state index is -0.218. The number of hydrogen-bond acceptors (Lipinski definition) is 2. The minimum absolute atomic E-state index is 0.0247. The van der Waals surface area contributed by atoms with Gasteiger partial charge in [0, 0.05) is 5.56 Å². The summed E-state index contributed by atoms with van der Waals surface area (Å²) in [5.41, 5.74) is 1.62. The summed E-state index contributed by atoms with van der Waals surface area (Å²) in [7, 11) is 0. The molecule has 0 N–H and O–H groups in total. The molecule has 0 aliphatic heterocycles. The van der Waals surface area contributed by atoms with Crippen LogP contribution in [-0.2, 0) is 4.79 Å². The molecule has 0 fully saturated rings. The maximum absolute atomic E-state index is 11.9. The first-order valence-electron chi connectivity index (χ1n) is 4.92. The van der Waals surface area contributed by atoms with Gasteiger partial charge in [0.2, 0.25) is 0 Å². The molecule has 0 unspecified atom stereocenters. The molecule has 1 aromatic rings. The predicted molar refractivity (Wildman–Crippen MR) is 62.0 cm³/mol. The van der Waals surface area contributed by atoms with Crippen molar-refractivity contribution in [1.82, 2.24) is 4.90 Å². The first kappa shape index (κ1) is 12.0. The van der Waals surface area contributed by atoms with Crippen molar-refractivity contribution in [2.75, 3.05) is 13.1 Å². The quantitative estimate of drug-likeness (QED) is 0.560. The number of benzene rings is 1. The summed E-state index contributed by atoms with van der Waals surface area (Å²) in [4.78, 5) is 23.7. The van der Waals surface area contributed by atoms with Crippen LogP contribution in [0.25, 0.3) is 0 Å². The van der Waals surface area contributed by atoms with Crippen molar-refractivity contribution < 1.29 is 9.59 Å². The molecule has 1 amide bonds. The number of hydrogen-bond donors (Lipinski definition) is 0. The van der Waals surface area contributed by atoms with Gasteiger partial charge in [0.25, 0.3) is 5.91 Å². The highest BCUT2D eigenvalue weighted by atomic mass is 16.2. The van der Waals surface area contributed by atoms with Crippen LogP contribution in [0.2, 0.25) is 0 Å². The minimum Gasteiger partial charge on any atom is -0.320 e. The van der Waals surface area contributed by atoms with E-state index in [0.717, 1.165) is 5.56 Å². The van der Waals surface area contributed by atoms with Crippen LogP contribution < -0.4 is 0 Å². The van der Waals surface area contributed by atoms with E-state index in [1.54, 1.807) is 12.1 Å². The first-order valence-corrected chi connectivity index (χ1v) is 4.92. The van der Waals surface area contributed by atoms with E-state index >= 15 is 0 Å². The summed E-state index contributed by atoms with van der Waals surface area (Å²) in [5, 5.41) is 0. The Morgan fingerprint density at radius 2 is 2.06 bits per heavy atom. The fourth-order valence-corrected chi connectivity index (χ4v) is 1.30. The van der Waals surface area contributed by atoms with E-state index in [1.165, 1.54) is 4.90 Å². The van der Waals surface area contributed by atoms with Crippen molar-refractivity contribution in [3.05, 3.63) is 35.4 Å². The van der Waals surface area contributed by atoms with Crippen LogP contribution in [0.1, 0.15) is 15.9 Å². The van der Waals surface area contributed by atoms with E-state index in [0.29, 0.717) is 11.8 Å². The number of rotatable bonds is 4. The van der Waals surface area contributed by atoms with E-state index in [1.807, 2.05) is 19.1 Å². The van der Waals surface area contributed by atoms with E-state index in [9.17, 15) is 9.59 Å². The molecule has 16 heavy (non-hydrogen) atoms. The Kier molecular flexibility index (Phi) is 4.28. The summed E-state index contributed by atoms with van der Waals surface area (Å²) < 4.78 is 0. The van der Waals surface area contributed by atoms with Crippen molar-refractivity contribution in [3.63, 3.8) is 0 Å². The van der Waals surface area contributed by atoms with Crippen LogP contribution in [0.5, 0.6) is 0 Å². The van der Waals surface area contributed by atoms with E-state index < -0.39 is 0 Å². The van der Waals surface area contributed by atoms with Crippen molar-refractivity contribution in [2.24, 2.45) is 0 Å². The molecule has 0 atom stereocenters. The summed E-state index contributed by atoms with van der Waals surface area (Å²) in [6.45, 7) is 2.11. The molecule has 0 spiro atoms. The van der Waals surface area contributed by atoms with Gasteiger partial charge in [-0.15, -0.1) is 6.42 Å². The van der Waals surface area contributed by atoms with E-state index in [2.05, 4.69) is 5.92 Å². The van der Waals surface area contributed by atoms with Gasteiger partial charge in [-0.1, -0.05) is 23.6 Å². The van der Waals surface area contributed by atoms with Gasteiger partial charge in [-0.25, -0.2) is 0 Å². The van der Waals surface area contributed by atoms with Gasteiger partial charge >= 0.3 is 0 Å². The Morgan fingerprint density at radius 1 is 1.44 bits per heavy atom. The van der Waals surface area contributed by atoms with Crippen LogP contribution in [-0.4, -0.2) is 30.2 Å². The van der Waals surface area contributed by atoms with Crippen LogP contribution in [0, 0.1) is 19.3 Å². The molecule has 0 saturated carbocycles. The molecule has 82 valence electrons. The summed E-state index contributed by atoms with van der Waals surface area (Å²) in [6, 6.07) is 7.16. The van der Waals surface area contributed by atoms with Crippen LogP contribution >= 0.6 is 0 Å². The average Bonchev–Trinajstić information content (AvgIpc) is 2.29. The number of nitrogens with zero attached hydrogens (tertiary/aromatic N) is 1. The number of amides is 1. The maximum Gasteiger partial charge on any atom is 0.255 e. The van der Waals surface area contributed by atoms with Crippen LogP contribution in [0.15, 0.2) is 24.3 Å². The van der Waals surface area contributed by atoms with Crippen LogP contribution in [0.4, 0.5) is 0 Å². The third kappa shape index (κ3) is 2.96. The number of aldehydes is 1. The molecule has 0 aromatic heterocycles. The zero-order chi connectivity index (χ0) is 12.0. The monoisotopic (exact) mass is 215 g/mol. The smallest absolute Gasteiger partial charge is 0.255 e. The second-order valence-corrected chi connectivity index (χ2v) is 3.42. The standard InChI is InChI=1S/C13H13NO2/c1-3-8-14(9-10-15)13(16)12-6-4-11(2)5-7-12/h1,4-7,10H,8-9H2,2H3. The molecule has 0 saturated heterocycles. The number of terminal acetylenes is 1. The lowest BCUT2D eigenvalue weighted by Crippen LogP contribution is -2.32. The summed E-state index contributed by atoms with van der Waals surface area (Å²) in [5.74, 6) is 2.14. The highest BCUT2D eigenvalue weighted by molar-refractivity contribution is 5.95. The van der Waals surface area contributed by atoms with Gasteiger partial charge in [-0.05, 0) is 19.1 Å². The number of aryl methyl sites for hydroxylation is 1. The molecule has 0 radical (unpaired) electrons. The topological polar surface area (TPSA) is 37.4 Å². The highest BCUT2D eigenvalue weighted by Gasteiger charge is 2.13. The first-order chi connectivity index (χ1) is 7.69. The lowest BCUT2D eigenvalue weighted by molar-refractivity contribution is -0.108. The Hall–Kier alpha value is -2.08. The molecule has 1 aromatic carbocycles. The van der Waals surface area contributed by atoms with E-state index in [4.69, 9.17) is 6.42 Å². The van der Waals surface area contributed by atoms with Gasteiger partial charge in [0.05, 0.1) is 13.1 Å². The molecular weight excluding hydrogens is 202 g/mol. The normalized spacial score (nSPS) is 9.25. The van der Waals surface area contributed by atoms with Crippen LogP contribution in [0.3, 0.4) is 0 Å². The number of carbonyl (C=O) groups excluding carboxylic acids is 2. The summed E-state index contributed by atoms with van der Waals surface area (Å²) >= 11 is 0. The molecule has 1 rings (SSSR count). The van der Waals surface area contributed by atoms with Crippen molar-refractivity contribution in [3.8, 4) is 12.3 Å². The molecule has 0 bridgehead atoms. The molecular formula is C13H13NO2. The molecule has 3 heteroatoms. The fraction of sp³-hybridized carbons (Fsp3) is 0.231. The molecule has 0 aliphatic carbocycles. The average molecular weight is 215 g/mol. The summed E-state index contributed by atoms with van der Waals surface area (Å²) in [6.07, 6.45) is 5.81. The predicted octanol–water partition coefficient (Wildman–Crippen LogP) is 1.27. The van der Waals surface area contributed by atoms with Crippen molar-refractivity contribution in [1.29, 1.82) is 0 Å². The zero-order valence-corrected chi connectivity index (χ0v) is 9.14. The lowest BCUT2D eigenvalue weighted by Gasteiger charge is -2.17. The third-order valence-corrected chi connectivity index (χ3v) is 2.16. The van der Waals surface area contributed by atoms with Gasteiger partial charge in [-0.3, -0.25) is 4.79 Å². The number of carbonyl (C=O) groups is 2. The van der Waals surface area contributed by atoms with Gasteiger partial charge in [0.15, 0.2) is 0 Å². The zero-order valence-electron chi connectivity index (χ0n) is 9.14. The molecule has 0 heterocycles. The SMILES string of the molecule is C#CCN(CC=O)C(=O)c1ccc(C)cc1. The van der Waals surface area contributed by atoms with Gasteiger partial charge < -0.3 is 9.69 Å². The van der Waals surface area contributed by atoms with Crippen molar-refractivity contribution >= 4 is 12.2 Å². The molecule has 0 aliphatic rings. The Morgan fingerprint density at radius 3 is 2.56 bits per heavy atom. The molecule has 3 nitrogen and oxygen atoms in total. The second-order valence-electron chi connectivity index (χ2n) is 3.42. The third-order valence-electron chi connectivity index (χ3n) is 2.16. The Balaban J connectivity index is 2.86. The largest absolute Gasteiger partial charge is 0.320 e. The van der Waals surface area contributed by atoms with Gasteiger partial charge in [-0.2, -0.15) is 0 Å². The van der Waals surface area contributed by atoms with Crippen molar-refractivity contribution in [2.45, 2.75) is 6.92 Å². The Bertz CT molecular complexity index is 415. The van der Waals surface area contributed by atoms with E-state index in [-0.39, 0.29) is 19.0 Å². The maximum atomic E-state index is 11.9. The second kappa shape index (κ2) is 5.72. The Labute approximate surface area is 95.1 Å². The van der Waals surface area contributed by atoms with Gasteiger partial charge in [0.1, 0.15) is 6.29 Å². The lowest BCUT2D eigenvalue weighted by atomic mass is 10.1.